The molecule has 1 aromatic heterocycles. The number of nitrogens with zero attached hydrogens (tertiary/aromatic N) is 3. The van der Waals surface area contributed by atoms with E-state index in [-0.39, 0.29) is 24.9 Å². The number of aromatic nitrogens is 1. The highest BCUT2D eigenvalue weighted by Crippen LogP contribution is 2.31. The molecule has 1 aliphatic heterocycles. The lowest BCUT2D eigenvalue weighted by Crippen LogP contribution is -2.40. The second-order valence-corrected chi connectivity index (χ2v) is 9.54. The number of carbonyl (C=O) groups is 1. The van der Waals surface area contributed by atoms with Crippen LogP contribution >= 0.6 is 46.9 Å². The van der Waals surface area contributed by atoms with E-state index < -0.39 is 0 Å². The van der Waals surface area contributed by atoms with Crippen LogP contribution in [0.15, 0.2) is 36.4 Å². The van der Waals surface area contributed by atoms with Crippen LogP contribution in [0.2, 0.25) is 10.0 Å². The lowest BCUT2D eigenvalue weighted by atomic mass is 10.2. The topological polar surface area (TPSA) is 54.9 Å². The van der Waals surface area contributed by atoms with E-state index in [0.717, 1.165) is 49.5 Å². The zero-order valence-corrected chi connectivity index (χ0v) is 21.4. The first kappa shape index (κ1) is 26.0. The Morgan fingerprint density at radius 3 is 2.76 bits per heavy atom. The molecule has 2 aromatic carbocycles. The minimum Gasteiger partial charge on any atom is -0.482 e. The molecule has 6 nitrogen and oxygen atoms in total. The quantitative estimate of drug-likeness (QED) is 0.387. The van der Waals surface area contributed by atoms with E-state index in [0.29, 0.717) is 27.5 Å². The van der Waals surface area contributed by atoms with Gasteiger partial charge in [0.1, 0.15) is 5.75 Å². The first-order chi connectivity index (χ1) is 15.5. The van der Waals surface area contributed by atoms with Gasteiger partial charge in [-0.1, -0.05) is 40.6 Å². The van der Waals surface area contributed by atoms with Gasteiger partial charge in [0.15, 0.2) is 11.7 Å². The second-order valence-electron chi connectivity index (χ2n) is 7.68. The average Bonchev–Trinajstić information content (AvgIpc) is 3.19. The molecule has 0 saturated carbocycles. The number of amides is 1. The highest BCUT2D eigenvalue weighted by atomic mass is 35.5. The first-order valence-corrected chi connectivity index (χ1v) is 12.1. The normalized spacial score (nSPS) is 14.2. The van der Waals surface area contributed by atoms with Crippen LogP contribution in [0.25, 0.3) is 10.2 Å². The number of carbonyl (C=O) groups excluding carboxylic acids is 1. The Labute approximate surface area is 213 Å². The Balaban J connectivity index is 0.00000306. The smallest absolute Gasteiger partial charge is 0.266 e. The first-order valence-electron chi connectivity index (χ1n) is 10.5. The number of hydrogen-bond acceptors (Lipinski definition) is 6. The highest BCUT2D eigenvalue weighted by Gasteiger charge is 2.21. The van der Waals surface area contributed by atoms with Crippen LogP contribution in [0.1, 0.15) is 12.0 Å². The molecule has 33 heavy (non-hydrogen) atoms. The van der Waals surface area contributed by atoms with Gasteiger partial charge in [-0.25, -0.2) is 4.98 Å². The molecule has 2 heterocycles. The zero-order chi connectivity index (χ0) is 22.5. The van der Waals surface area contributed by atoms with Crippen LogP contribution in [0.3, 0.4) is 0 Å². The summed E-state index contributed by atoms with van der Waals surface area (Å²) in [6.07, 6.45) is 0.836. The number of benzene rings is 2. The van der Waals surface area contributed by atoms with Gasteiger partial charge in [-0.15, -0.1) is 12.4 Å². The van der Waals surface area contributed by atoms with Crippen LogP contribution < -0.4 is 9.64 Å². The molecule has 1 fully saturated rings. The van der Waals surface area contributed by atoms with Crippen LogP contribution in [0.4, 0.5) is 5.13 Å². The maximum absolute atomic E-state index is 13.2. The Kier molecular flexibility index (Phi) is 9.61. The van der Waals surface area contributed by atoms with Crippen molar-refractivity contribution in [3.8, 4) is 5.75 Å². The van der Waals surface area contributed by atoms with Crippen molar-refractivity contribution in [2.24, 2.45) is 0 Å². The summed E-state index contributed by atoms with van der Waals surface area (Å²) in [5.74, 6) is 0.270. The lowest BCUT2D eigenvalue weighted by molar-refractivity contribution is -0.120. The molecule has 0 unspecified atom stereocenters. The predicted octanol–water partition coefficient (Wildman–Crippen LogP) is 5.47. The van der Waals surface area contributed by atoms with Crippen LogP contribution in [0, 0.1) is 6.92 Å². The molecule has 4 rings (SSSR count). The molecule has 1 saturated heterocycles. The number of hydrogen-bond donors (Lipinski definition) is 0. The van der Waals surface area contributed by atoms with Gasteiger partial charge in [0.05, 0.1) is 28.5 Å². The molecule has 0 radical (unpaired) electrons. The monoisotopic (exact) mass is 529 g/mol. The zero-order valence-electron chi connectivity index (χ0n) is 18.3. The molecule has 0 spiro atoms. The van der Waals surface area contributed by atoms with Crippen molar-refractivity contribution in [2.45, 2.75) is 13.3 Å². The molecule has 1 aliphatic rings. The molecule has 178 valence electrons. The molecule has 0 aliphatic carbocycles. The number of halogens is 3. The van der Waals surface area contributed by atoms with Gasteiger partial charge < -0.3 is 9.47 Å². The van der Waals surface area contributed by atoms with E-state index in [2.05, 4.69) is 11.0 Å². The van der Waals surface area contributed by atoms with E-state index >= 15 is 0 Å². The van der Waals surface area contributed by atoms with Crippen molar-refractivity contribution in [3.05, 3.63) is 52.0 Å². The third-order valence-electron chi connectivity index (χ3n) is 5.27. The number of thiazole rings is 1. The molecule has 0 atom stereocenters. The number of morpholine rings is 1. The minimum atomic E-state index is -0.159. The molecule has 1 amide bonds. The van der Waals surface area contributed by atoms with Crippen molar-refractivity contribution < 1.29 is 14.3 Å². The highest BCUT2D eigenvalue weighted by molar-refractivity contribution is 7.22. The SMILES string of the molecule is Cc1ccc2nc(N(CCCN3CCOCC3)C(=O)COc3ccc(Cl)cc3Cl)sc2c1.Cl. The molecule has 0 N–H and O–H groups in total. The molecular formula is C23H26Cl3N3O3S. The third-order valence-corrected chi connectivity index (χ3v) is 6.84. The Bertz CT molecular complexity index is 1090. The summed E-state index contributed by atoms with van der Waals surface area (Å²) in [4.78, 5) is 22.0. The van der Waals surface area contributed by atoms with Gasteiger partial charge in [-0.05, 0) is 49.2 Å². The summed E-state index contributed by atoms with van der Waals surface area (Å²) >= 11 is 13.7. The fourth-order valence-electron chi connectivity index (χ4n) is 3.55. The summed E-state index contributed by atoms with van der Waals surface area (Å²) in [6, 6.07) is 11.1. The average molecular weight is 531 g/mol. The largest absolute Gasteiger partial charge is 0.482 e. The maximum atomic E-state index is 13.2. The van der Waals surface area contributed by atoms with E-state index in [4.69, 9.17) is 37.7 Å². The standard InChI is InChI=1S/C23H25Cl2N3O3S.ClH/c1-16-3-5-19-21(13-16)32-23(26-19)28(8-2-7-27-9-11-30-12-10-27)22(29)15-31-20-6-4-17(24)14-18(20)25;/h3-6,13-14H,2,7-12,15H2,1H3;1H. The lowest BCUT2D eigenvalue weighted by Gasteiger charge is -2.27. The maximum Gasteiger partial charge on any atom is 0.266 e. The summed E-state index contributed by atoms with van der Waals surface area (Å²) < 4.78 is 12.2. The molecule has 10 heteroatoms. The molecule has 3 aromatic rings. The van der Waals surface area contributed by atoms with E-state index in [1.165, 1.54) is 16.9 Å². The van der Waals surface area contributed by atoms with Gasteiger partial charge in [0.25, 0.3) is 5.91 Å². The van der Waals surface area contributed by atoms with E-state index in [1.54, 1.807) is 23.1 Å². The fourth-order valence-corrected chi connectivity index (χ4v) is 5.12. The second kappa shape index (κ2) is 12.2. The van der Waals surface area contributed by atoms with Gasteiger partial charge in [0, 0.05) is 31.2 Å². The number of rotatable bonds is 8. The van der Waals surface area contributed by atoms with Crippen molar-refractivity contribution in [1.82, 2.24) is 9.88 Å². The summed E-state index contributed by atoms with van der Waals surface area (Å²) in [5, 5.41) is 1.58. The van der Waals surface area contributed by atoms with Gasteiger partial charge in [-0.3, -0.25) is 14.6 Å². The Morgan fingerprint density at radius 1 is 1.21 bits per heavy atom. The Hall–Kier alpha value is -1.61. The minimum absolute atomic E-state index is 0. The Morgan fingerprint density at radius 2 is 2.00 bits per heavy atom. The number of fused-ring (bicyclic) bond motifs is 1. The number of anilines is 1. The van der Waals surface area contributed by atoms with Crippen LogP contribution in [0.5, 0.6) is 5.75 Å². The summed E-state index contributed by atoms with van der Waals surface area (Å²) in [7, 11) is 0. The van der Waals surface area contributed by atoms with Crippen molar-refractivity contribution in [1.29, 1.82) is 0 Å². The molecular weight excluding hydrogens is 505 g/mol. The van der Waals surface area contributed by atoms with Gasteiger partial charge in [0.2, 0.25) is 0 Å². The van der Waals surface area contributed by atoms with Crippen molar-refractivity contribution in [2.75, 3.05) is 50.9 Å². The molecule has 0 bridgehead atoms. The van der Waals surface area contributed by atoms with Gasteiger partial charge >= 0.3 is 0 Å². The number of aryl methyl sites for hydroxylation is 1. The van der Waals surface area contributed by atoms with Crippen molar-refractivity contribution >= 4 is 68.2 Å². The number of ether oxygens (including phenoxy) is 2. The third kappa shape index (κ3) is 6.94. The summed E-state index contributed by atoms with van der Waals surface area (Å²) in [5.41, 5.74) is 2.06. The summed E-state index contributed by atoms with van der Waals surface area (Å²) in [6.45, 7) is 6.75. The van der Waals surface area contributed by atoms with Crippen LogP contribution in [-0.4, -0.2) is 61.8 Å². The predicted molar refractivity (Wildman–Crippen MR) is 138 cm³/mol. The van der Waals surface area contributed by atoms with E-state index in [1.807, 2.05) is 19.1 Å². The fraction of sp³-hybridized carbons (Fsp3) is 0.391. The van der Waals surface area contributed by atoms with E-state index in [9.17, 15) is 4.79 Å². The van der Waals surface area contributed by atoms with Crippen molar-refractivity contribution in [3.63, 3.8) is 0 Å². The van der Waals surface area contributed by atoms with Gasteiger partial charge in [-0.2, -0.15) is 0 Å². The van der Waals surface area contributed by atoms with Crippen LogP contribution in [-0.2, 0) is 9.53 Å².